The normalized spacial score (nSPS) is 16.9. The van der Waals surface area contributed by atoms with Gasteiger partial charge in [0.1, 0.15) is 6.26 Å². The Morgan fingerprint density at radius 3 is 2.58 bits per heavy atom. The molecule has 26 heavy (non-hydrogen) atoms. The number of hydrogen-bond donors (Lipinski definition) is 1. The molecule has 0 aliphatic carbocycles. The van der Waals surface area contributed by atoms with Gasteiger partial charge in [0.25, 0.3) is 0 Å². The fraction of sp³-hybridized carbons (Fsp3) is 0.647. The molecule has 3 heterocycles. The highest BCUT2D eigenvalue weighted by Crippen LogP contribution is 2.19. The number of aliphatic imine (C=N–C) groups is 1. The highest BCUT2D eigenvalue weighted by atomic mass is 16.5. The van der Waals surface area contributed by atoms with Crippen LogP contribution in [0.1, 0.15) is 38.2 Å². The number of piperazine rings is 1. The van der Waals surface area contributed by atoms with E-state index >= 15 is 0 Å². The molecule has 142 valence electrons. The Kier molecular flexibility index (Phi) is 5.55. The van der Waals surface area contributed by atoms with Gasteiger partial charge in [-0.25, -0.2) is 0 Å². The molecule has 0 bridgehead atoms. The lowest BCUT2D eigenvalue weighted by Gasteiger charge is -2.36. The monoisotopic (exact) mass is 361 g/mol. The Balaban J connectivity index is 1.48. The molecule has 0 aromatic carbocycles. The molecule has 1 aliphatic rings. The summed E-state index contributed by atoms with van der Waals surface area (Å²) in [6.07, 6.45) is 1.61. The SMILES string of the molecule is CN=C(NCc1noc(C(C)(C)C)n1)N1CCN(Cc2ccon2)CC1. The van der Waals surface area contributed by atoms with Crippen molar-refractivity contribution >= 4 is 5.96 Å². The molecular weight excluding hydrogens is 334 g/mol. The number of hydrogen-bond acceptors (Lipinski definition) is 7. The lowest BCUT2D eigenvalue weighted by atomic mass is 9.97. The second kappa shape index (κ2) is 7.86. The lowest BCUT2D eigenvalue weighted by Crippen LogP contribution is -2.52. The third-order valence-electron chi connectivity index (χ3n) is 4.27. The average molecular weight is 361 g/mol. The topological polar surface area (TPSA) is 95.8 Å². The molecular formula is C17H27N7O2. The van der Waals surface area contributed by atoms with Gasteiger partial charge in [0.2, 0.25) is 5.89 Å². The lowest BCUT2D eigenvalue weighted by molar-refractivity contribution is 0.169. The van der Waals surface area contributed by atoms with Crippen LogP contribution in [0.3, 0.4) is 0 Å². The first kappa shape index (κ1) is 18.4. The molecule has 0 amide bonds. The summed E-state index contributed by atoms with van der Waals surface area (Å²) >= 11 is 0. The molecule has 9 heteroatoms. The molecule has 0 atom stereocenters. The fourth-order valence-electron chi connectivity index (χ4n) is 2.79. The van der Waals surface area contributed by atoms with Gasteiger partial charge in [-0.3, -0.25) is 9.89 Å². The molecule has 2 aromatic heterocycles. The maximum atomic E-state index is 5.33. The van der Waals surface area contributed by atoms with Crippen LogP contribution in [0.4, 0.5) is 0 Å². The predicted molar refractivity (Wildman–Crippen MR) is 96.5 cm³/mol. The Hall–Kier alpha value is -2.42. The third-order valence-corrected chi connectivity index (χ3v) is 4.27. The maximum Gasteiger partial charge on any atom is 0.232 e. The van der Waals surface area contributed by atoms with Crippen LogP contribution in [0.2, 0.25) is 0 Å². The van der Waals surface area contributed by atoms with Crippen LogP contribution in [0, 0.1) is 0 Å². The summed E-state index contributed by atoms with van der Waals surface area (Å²) in [5, 5.41) is 11.3. The maximum absolute atomic E-state index is 5.33. The van der Waals surface area contributed by atoms with E-state index in [2.05, 4.69) is 56.2 Å². The first-order valence-corrected chi connectivity index (χ1v) is 8.86. The van der Waals surface area contributed by atoms with Crippen LogP contribution < -0.4 is 5.32 Å². The number of nitrogens with zero attached hydrogens (tertiary/aromatic N) is 6. The Labute approximate surface area is 153 Å². The van der Waals surface area contributed by atoms with Crippen molar-refractivity contribution in [1.82, 2.24) is 30.4 Å². The zero-order valence-electron chi connectivity index (χ0n) is 15.9. The van der Waals surface area contributed by atoms with Crippen molar-refractivity contribution < 1.29 is 9.05 Å². The Morgan fingerprint density at radius 1 is 1.23 bits per heavy atom. The second-order valence-corrected chi connectivity index (χ2v) is 7.42. The second-order valence-electron chi connectivity index (χ2n) is 7.42. The molecule has 1 N–H and O–H groups in total. The van der Waals surface area contributed by atoms with Crippen molar-refractivity contribution in [3.63, 3.8) is 0 Å². The number of nitrogens with one attached hydrogen (secondary N) is 1. The smallest absolute Gasteiger partial charge is 0.232 e. The van der Waals surface area contributed by atoms with Crippen LogP contribution in [0.25, 0.3) is 0 Å². The first-order valence-electron chi connectivity index (χ1n) is 8.86. The largest absolute Gasteiger partial charge is 0.364 e. The van der Waals surface area contributed by atoms with Gasteiger partial charge in [-0.15, -0.1) is 0 Å². The zero-order valence-corrected chi connectivity index (χ0v) is 15.9. The number of aromatic nitrogens is 3. The van der Waals surface area contributed by atoms with E-state index in [1.165, 1.54) is 0 Å². The van der Waals surface area contributed by atoms with Gasteiger partial charge in [0.05, 0.1) is 12.2 Å². The van der Waals surface area contributed by atoms with Crippen molar-refractivity contribution in [2.75, 3.05) is 33.2 Å². The third kappa shape index (κ3) is 4.60. The molecule has 1 saturated heterocycles. The van der Waals surface area contributed by atoms with E-state index in [9.17, 15) is 0 Å². The van der Waals surface area contributed by atoms with E-state index in [4.69, 9.17) is 9.05 Å². The minimum atomic E-state index is -0.146. The molecule has 1 fully saturated rings. The predicted octanol–water partition coefficient (Wildman–Crippen LogP) is 1.25. The summed E-state index contributed by atoms with van der Waals surface area (Å²) in [7, 11) is 1.79. The standard InChI is InChI=1S/C17H27N7O2/c1-17(2,3)15-20-14(22-26-15)11-19-16(18-4)24-8-6-23(7-9-24)12-13-5-10-25-21-13/h5,10H,6-9,11-12H2,1-4H3,(H,18,19). The number of rotatable bonds is 4. The molecule has 3 rings (SSSR count). The van der Waals surface area contributed by atoms with Crippen LogP contribution in [0.5, 0.6) is 0 Å². The van der Waals surface area contributed by atoms with Gasteiger partial charge in [0.15, 0.2) is 11.8 Å². The van der Waals surface area contributed by atoms with Crippen molar-refractivity contribution in [3.05, 3.63) is 29.7 Å². The van der Waals surface area contributed by atoms with E-state index in [0.717, 1.165) is 44.4 Å². The molecule has 2 aromatic rings. The summed E-state index contributed by atoms with van der Waals surface area (Å²) < 4.78 is 10.2. The molecule has 9 nitrogen and oxygen atoms in total. The van der Waals surface area contributed by atoms with Gasteiger partial charge in [-0.05, 0) is 0 Å². The minimum Gasteiger partial charge on any atom is -0.364 e. The van der Waals surface area contributed by atoms with Crippen molar-refractivity contribution in [3.8, 4) is 0 Å². The Morgan fingerprint density at radius 2 is 2.00 bits per heavy atom. The molecule has 0 unspecified atom stereocenters. The molecule has 0 saturated carbocycles. The summed E-state index contributed by atoms with van der Waals surface area (Å²) in [5.41, 5.74) is 0.820. The van der Waals surface area contributed by atoms with E-state index in [-0.39, 0.29) is 5.41 Å². The first-order chi connectivity index (χ1) is 12.5. The van der Waals surface area contributed by atoms with E-state index < -0.39 is 0 Å². The number of guanidine groups is 1. The van der Waals surface area contributed by atoms with E-state index in [1.807, 2.05) is 6.07 Å². The quantitative estimate of drug-likeness (QED) is 0.642. The summed E-state index contributed by atoms with van der Waals surface area (Å²) in [6, 6.07) is 1.91. The summed E-state index contributed by atoms with van der Waals surface area (Å²) in [4.78, 5) is 13.4. The highest BCUT2D eigenvalue weighted by Gasteiger charge is 2.23. The summed E-state index contributed by atoms with van der Waals surface area (Å²) in [5.74, 6) is 2.14. The minimum absolute atomic E-state index is 0.146. The molecule has 1 aliphatic heterocycles. The van der Waals surface area contributed by atoms with Crippen molar-refractivity contribution in [2.45, 2.75) is 39.3 Å². The summed E-state index contributed by atoms with van der Waals surface area (Å²) in [6.45, 7) is 11.2. The van der Waals surface area contributed by atoms with Crippen LogP contribution in [0.15, 0.2) is 26.4 Å². The van der Waals surface area contributed by atoms with Gasteiger partial charge >= 0.3 is 0 Å². The van der Waals surface area contributed by atoms with Gasteiger partial charge in [-0.1, -0.05) is 31.1 Å². The zero-order chi connectivity index (χ0) is 18.6. The van der Waals surface area contributed by atoms with Crippen molar-refractivity contribution in [2.24, 2.45) is 4.99 Å². The molecule has 0 radical (unpaired) electrons. The van der Waals surface area contributed by atoms with Crippen LogP contribution in [-0.2, 0) is 18.5 Å². The van der Waals surface area contributed by atoms with Gasteiger partial charge in [-0.2, -0.15) is 4.98 Å². The average Bonchev–Trinajstić information content (AvgIpc) is 3.28. The Bertz CT molecular complexity index is 710. The molecule has 0 spiro atoms. The van der Waals surface area contributed by atoms with E-state index in [0.29, 0.717) is 18.3 Å². The van der Waals surface area contributed by atoms with Crippen LogP contribution in [-0.4, -0.2) is 64.3 Å². The van der Waals surface area contributed by atoms with Gasteiger partial charge < -0.3 is 19.3 Å². The van der Waals surface area contributed by atoms with Crippen molar-refractivity contribution in [1.29, 1.82) is 0 Å². The van der Waals surface area contributed by atoms with Crippen LogP contribution >= 0.6 is 0 Å². The van der Waals surface area contributed by atoms with Gasteiger partial charge in [0, 0.05) is 51.3 Å². The highest BCUT2D eigenvalue weighted by molar-refractivity contribution is 5.79. The van der Waals surface area contributed by atoms with E-state index in [1.54, 1.807) is 13.3 Å². The fourth-order valence-corrected chi connectivity index (χ4v) is 2.79.